The molecule has 0 aromatic heterocycles. The fraction of sp³-hybridized carbons (Fsp3) is 0.333. The lowest BCUT2D eigenvalue weighted by Crippen LogP contribution is -2.68. The van der Waals surface area contributed by atoms with Gasteiger partial charge >= 0.3 is 0 Å². The van der Waals surface area contributed by atoms with E-state index in [1.54, 1.807) is 0 Å². The molecule has 0 amide bonds. The van der Waals surface area contributed by atoms with E-state index in [0.717, 1.165) is 0 Å². The number of nitrogens with two attached hydrogens (primary N) is 1. The summed E-state index contributed by atoms with van der Waals surface area (Å²) in [5, 5.41) is 0. The zero-order valence-corrected chi connectivity index (χ0v) is 11.0. The van der Waals surface area contributed by atoms with Crippen molar-refractivity contribution in [1.82, 2.24) is 0 Å². The molecule has 96 valence electrons. The van der Waals surface area contributed by atoms with Crippen LogP contribution in [0.3, 0.4) is 0 Å². The molecule has 3 fully saturated rings. The summed E-state index contributed by atoms with van der Waals surface area (Å²) in [6, 6.07) is 21.7. The lowest BCUT2D eigenvalue weighted by molar-refractivity contribution is -0.159. The minimum Gasteiger partial charge on any atom is -0.323 e. The summed E-state index contributed by atoms with van der Waals surface area (Å²) in [4.78, 5) is 0. The molecule has 3 aliphatic carbocycles. The molecule has 19 heavy (non-hydrogen) atoms. The number of hydrogen-bond acceptors (Lipinski definition) is 1. The Labute approximate surface area is 114 Å². The van der Waals surface area contributed by atoms with Crippen LogP contribution in [-0.2, 0) is 5.41 Å². The fourth-order valence-electron chi connectivity index (χ4n) is 4.31. The predicted molar refractivity (Wildman–Crippen MR) is 77.8 cm³/mol. The second kappa shape index (κ2) is 3.71. The van der Waals surface area contributed by atoms with E-state index in [-0.39, 0.29) is 6.04 Å². The van der Waals surface area contributed by atoms with Crippen molar-refractivity contribution in [3.05, 3.63) is 71.8 Å². The van der Waals surface area contributed by atoms with E-state index in [0.29, 0.717) is 10.8 Å². The zero-order valence-electron chi connectivity index (χ0n) is 11.0. The summed E-state index contributed by atoms with van der Waals surface area (Å²) in [7, 11) is 0. The topological polar surface area (TPSA) is 26.0 Å². The quantitative estimate of drug-likeness (QED) is 0.879. The highest BCUT2D eigenvalue weighted by molar-refractivity contribution is 5.41. The highest BCUT2D eigenvalue weighted by Crippen LogP contribution is 2.76. The SMILES string of the molecule is NC(c1ccccc1)C12CC(c3ccccc3)(C1)C2. The molecule has 1 nitrogen and oxygen atoms in total. The Hall–Kier alpha value is -1.60. The second-order valence-corrected chi connectivity index (χ2v) is 6.43. The minimum absolute atomic E-state index is 0.208. The summed E-state index contributed by atoms with van der Waals surface area (Å²) < 4.78 is 0. The summed E-state index contributed by atoms with van der Waals surface area (Å²) in [6.45, 7) is 0. The molecule has 2 bridgehead atoms. The van der Waals surface area contributed by atoms with Crippen LogP contribution in [0.4, 0.5) is 0 Å². The molecule has 1 unspecified atom stereocenters. The maximum absolute atomic E-state index is 6.51. The van der Waals surface area contributed by atoms with Crippen molar-refractivity contribution < 1.29 is 0 Å². The van der Waals surface area contributed by atoms with Gasteiger partial charge in [0.1, 0.15) is 0 Å². The van der Waals surface area contributed by atoms with E-state index in [9.17, 15) is 0 Å². The van der Waals surface area contributed by atoms with E-state index in [1.165, 1.54) is 30.4 Å². The van der Waals surface area contributed by atoms with Gasteiger partial charge in [-0.2, -0.15) is 0 Å². The van der Waals surface area contributed by atoms with Gasteiger partial charge in [0.2, 0.25) is 0 Å². The molecule has 0 spiro atoms. The summed E-state index contributed by atoms with van der Waals surface area (Å²) in [5.41, 5.74) is 10.1. The Morgan fingerprint density at radius 1 is 0.789 bits per heavy atom. The van der Waals surface area contributed by atoms with E-state index >= 15 is 0 Å². The van der Waals surface area contributed by atoms with Gasteiger partial charge in [0.25, 0.3) is 0 Å². The lowest BCUT2D eigenvalue weighted by Gasteiger charge is -2.73. The molecule has 1 heteroatoms. The monoisotopic (exact) mass is 249 g/mol. The van der Waals surface area contributed by atoms with Gasteiger partial charge in [-0.3, -0.25) is 0 Å². The van der Waals surface area contributed by atoms with E-state index in [1.807, 2.05) is 0 Å². The number of benzene rings is 2. The van der Waals surface area contributed by atoms with Crippen LogP contribution in [0.5, 0.6) is 0 Å². The van der Waals surface area contributed by atoms with Gasteiger partial charge in [0.15, 0.2) is 0 Å². The van der Waals surface area contributed by atoms with Crippen LogP contribution in [0.25, 0.3) is 0 Å². The third-order valence-corrected chi connectivity index (χ3v) is 5.28. The Morgan fingerprint density at radius 2 is 1.32 bits per heavy atom. The van der Waals surface area contributed by atoms with Crippen molar-refractivity contribution >= 4 is 0 Å². The third kappa shape index (κ3) is 1.45. The van der Waals surface area contributed by atoms with Crippen molar-refractivity contribution in [2.45, 2.75) is 30.7 Å². The molecule has 2 N–H and O–H groups in total. The average molecular weight is 249 g/mol. The Balaban J connectivity index is 1.54. The van der Waals surface area contributed by atoms with Crippen LogP contribution in [0.2, 0.25) is 0 Å². The van der Waals surface area contributed by atoms with Gasteiger partial charge < -0.3 is 5.73 Å². The van der Waals surface area contributed by atoms with Crippen molar-refractivity contribution in [1.29, 1.82) is 0 Å². The van der Waals surface area contributed by atoms with Crippen molar-refractivity contribution in [2.24, 2.45) is 11.1 Å². The summed E-state index contributed by atoms with van der Waals surface area (Å²) in [6.07, 6.45) is 3.79. The van der Waals surface area contributed by atoms with E-state index in [2.05, 4.69) is 60.7 Å². The van der Waals surface area contributed by atoms with Crippen LogP contribution >= 0.6 is 0 Å². The Morgan fingerprint density at radius 3 is 1.89 bits per heavy atom. The van der Waals surface area contributed by atoms with E-state index < -0.39 is 0 Å². The maximum atomic E-state index is 6.51. The highest BCUT2D eigenvalue weighted by atomic mass is 14.8. The predicted octanol–water partition coefficient (Wildman–Crippen LogP) is 3.81. The second-order valence-electron chi connectivity index (χ2n) is 6.43. The van der Waals surface area contributed by atoms with Crippen LogP contribution in [0, 0.1) is 5.41 Å². The Bertz CT molecular complexity index is 568. The molecule has 0 saturated heterocycles. The molecule has 0 radical (unpaired) electrons. The summed E-state index contributed by atoms with van der Waals surface area (Å²) in [5.74, 6) is 0. The lowest BCUT2D eigenvalue weighted by atomic mass is 9.31. The first-order valence-electron chi connectivity index (χ1n) is 7.10. The van der Waals surface area contributed by atoms with Crippen LogP contribution < -0.4 is 5.73 Å². The van der Waals surface area contributed by atoms with Gasteiger partial charge in [-0.25, -0.2) is 0 Å². The highest BCUT2D eigenvalue weighted by Gasteiger charge is 2.70. The number of hydrogen-bond donors (Lipinski definition) is 1. The van der Waals surface area contributed by atoms with Crippen molar-refractivity contribution in [3.8, 4) is 0 Å². The molecule has 0 aliphatic heterocycles. The maximum Gasteiger partial charge on any atom is 0.0353 e. The molecule has 3 saturated carbocycles. The standard InChI is InChI=1S/C18H19N/c19-16(14-7-3-1-4-8-14)18-11-17(12-18,13-18)15-9-5-2-6-10-15/h1-10,16H,11-13,19H2. The van der Waals surface area contributed by atoms with Gasteiger partial charge in [0.05, 0.1) is 0 Å². The third-order valence-electron chi connectivity index (χ3n) is 5.28. The largest absolute Gasteiger partial charge is 0.323 e. The van der Waals surface area contributed by atoms with Gasteiger partial charge in [-0.05, 0) is 41.2 Å². The average Bonchev–Trinajstić information content (AvgIpc) is 2.38. The normalized spacial score (nSPS) is 33.1. The van der Waals surface area contributed by atoms with Gasteiger partial charge in [0, 0.05) is 6.04 Å². The van der Waals surface area contributed by atoms with Crippen LogP contribution in [0.15, 0.2) is 60.7 Å². The molecular weight excluding hydrogens is 230 g/mol. The first-order chi connectivity index (χ1) is 9.24. The smallest absolute Gasteiger partial charge is 0.0353 e. The first-order valence-corrected chi connectivity index (χ1v) is 7.10. The summed E-state index contributed by atoms with van der Waals surface area (Å²) >= 11 is 0. The Kier molecular flexibility index (Phi) is 2.19. The van der Waals surface area contributed by atoms with Gasteiger partial charge in [-0.1, -0.05) is 60.7 Å². The molecule has 2 aromatic carbocycles. The zero-order chi connectivity index (χ0) is 12.9. The fourth-order valence-corrected chi connectivity index (χ4v) is 4.31. The number of rotatable bonds is 3. The molecule has 5 rings (SSSR count). The first kappa shape index (κ1) is 11.2. The van der Waals surface area contributed by atoms with Gasteiger partial charge in [-0.15, -0.1) is 0 Å². The molecule has 2 aromatic rings. The molecule has 3 aliphatic rings. The van der Waals surface area contributed by atoms with Crippen molar-refractivity contribution in [2.75, 3.05) is 0 Å². The van der Waals surface area contributed by atoms with Crippen LogP contribution in [-0.4, -0.2) is 0 Å². The van der Waals surface area contributed by atoms with Crippen molar-refractivity contribution in [3.63, 3.8) is 0 Å². The molecule has 0 heterocycles. The molecular formula is C18H19N. The molecule has 1 atom stereocenters. The minimum atomic E-state index is 0.208. The van der Waals surface area contributed by atoms with E-state index in [4.69, 9.17) is 5.73 Å². The van der Waals surface area contributed by atoms with Crippen LogP contribution in [0.1, 0.15) is 36.4 Å².